The van der Waals surface area contributed by atoms with E-state index >= 15 is 0 Å². The van der Waals surface area contributed by atoms with Crippen molar-refractivity contribution in [1.29, 1.82) is 0 Å². The smallest absolute Gasteiger partial charge is 0.217 e. The minimum Gasteiger partial charge on any atom is -0.314 e. The van der Waals surface area contributed by atoms with Crippen molar-refractivity contribution in [2.24, 2.45) is 0 Å². The molecule has 0 aliphatic carbocycles. The van der Waals surface area contributed by atoms with Crippen LogP contribution in [-0.2, 0) is 0 Å². The van der Waals surface area contributed by atoms with Gasteiger partial charge in [0.1, 0.15) is 0 Å². The van der Waals surface area contributed by atoms with Crippen LogP contribution in [0.3, 0.4) is 0 Å². The first kappa shape index (κ1) is 17.6. The second kappa shape index (κ2) is 8.64. The minimum absolute atomic E-state index is 0. The van der Waals surface area contributed by atoms with Crippen LogP contribution >= 0.6 is 24.8 Å². The summed E-state index contributed by atoms with van der Waals surface area (Å²) >= 11 is 0. The first-order valence-corrected chi connectivity index (χ1v) is 5.88. The zero-order chi connectivity index (χ0) is 11.4. The standard InChI is InChI=1S/C12H18FN3.2ClH/c1-2-11(16-8-6-14-7-9-16)10-4-3-5-15-12(10)13;;/h3-5,11,14H,2,6-9H2,1H3;2*1H/t11-;;/m1../s1. The Morgan fingerprint density at radius 2 is 2.06 bits per heavy atom. The zero-order valence-corrected chi connectivity index (χ0v) is 12.1. The van der Waals surface area contributed by atoms with Crippen LogP contribution in [0.15, 0.2) is 18.3 Å². The number of pyridine rings is 1. The predicted octanol–water partition coefficient (Wildman–Crippen LogP) is 2.42. The average molecular weight is 296 g/mol. The van der Waals surface area contributed by atoms with E-state index in [0.717, 1.165) is 38.2 Å². The van der Waals surface area contributed by atoms with Crippen LogP contribution in [-0.4, -0.2) is 36.1 Å². The van der Waals surface area contributed by atoms with Crippen molar-refractivity contribution in [2.75, 3.05) is 26.2 Å². The van der Waals surface area contributed by atoms with Gasteiger partial charge in [-0.2, -0.15) is 4.39 Å². The summed E-state index contributed by atoms with van der Waals surface area (Å²) in [7, 11) is 0. The highest BCUT2D eigenvalue weighted by atomic mass is 35.5. The van der Waals surface area contributed by atoms with Gasteiger partial charge in [0.15, 0.2) is 0 Å². The lowest BCUT2D eigenvalue weighted by atomic mass is 10.0. The third-order valence-electron chi connectivity index (χ3n) is 3.13. The fraction of sp³-hybridized carbons (Fsp3) is 0.583. The maximum absolute atomic E-state index is 13.6. The maximum Gasteiger partial charge on any atom is 0.217 e. The lowest BCUT2D eigenvalue weighted by Crippen LogP contribution is -2.45. The third-order valence-corrected chi connectivity index (χ3v) is 3.13. The van der Waals surface area contributed by atoms with Crippen molar-refractivity contribution in [3.8, 4) is 0 Å². The van der Waals surface area contributed by atoms with E-state index in [1.807, 2.05) is 12.1 Å². The molecular weight excluding hydrogens is 276 g/mol. The summed E-state index contributed by atoms with van der Waals surface area (Å²) in [4.78, 5) is 6.06. The lowest BCUT2D eigenvalue weighted by molar-refractivity contribution is 0.165. The molecule has 1 atom stereocenters. The Bertz CT molecular complexity index is 346. The molecule has 3 nitrogen and oxygen atoms in total. The number of hydrogen-bond donors (Lipinski definition) is 1. The van der Waals surface area contributed by atoms with Crippen molar-refractivity contribution in [3.63, 3.8) is 0 Å². The Morgan fingerprint density at radius 3 is 2.61 bits per heavy atom. The number of hydrogen-bond acceptors (Lipinski definition) is 3. The first-order valence-electron chi connectivity index (χ1n) is 5.88. The van der Waals surface area contributed by atoms with E-state index in [0.29, 0.717) is 0 Å². The van der Waals surface area contributed by atoms with Gasteiger partial charge in [-0.3, -0.25) is 4.90 Å². The van der Waals surface area contributed by atoms with E-state index in [1.165, 1.54) is 6.20 Å². The first-order chi connectivity index (χ1) is 7.83. The molecule has 1 aromatic rings. The average Bonchev–Trinajstić information content (AvgIpc) is 2.34. The van der Waals surface area contributed by atoms with Crippen LogP contribution in [0.25, 0.3) is 0 Å². The van der Waals surface area contributed by atoms with Crippen LogP contribution in [0.1, 0.15) is 24.9 Å². The van der Waals surface area contributed by atoms with Crippen molar-refractivity contribution in [3.05, 3.63) is 29.8 Å². The Morgan fingerprint density at radius 1 is 1.39 bits per heavy atom. The highest BCUT2D eigenvalue weighted by molar-refractivity contribution is 5.85. The molecule has 1 aliphatic rings. The van der Waals surface area contributed by atoms with Gasteiger partial charge in [-0.05, 0) is 12.5 Å². The molecule has 0 spiro atoms. The summed E-state index contributed by atoms with van der Waals surface area (Å²) in [5, 5.41) is 3.31. The molecule has 1 fully saturated rings. The van der Waals surface area contributed by atoms with E-state index in [-0.39, 0.29) is 36.8 Å². The van der Waals surface area contributed by atoms with Crippen molar-refractivity contribution >= 4 is 24.8 Å². The topological polar surface area (TPSA) is 28.2 Å². The summed E-state index contributed by atoms with van der Waals surface area (Å²) in [6, 6.07) is 3.82. The Hall–Kier alpha value is -0.420. The van der Waals surface area contributed by atoms with E-state index in [1.54, 1.807) is 0 Å². The van der Waals surface area contributed by atoms with Gasteiger partial charge < -0.3 is 5.32 Å². The van der Waals surface area contributed by atoms with E-state index in [2.05, 4.69) is 22.1 Å². The molecule has 0 unspecified atom stereocenters. The summed E-state index contributed by atoms with van der Waals surface area (Å²) in [5.41, 5.74) is 0.729. The Kier molecular flexibility index (Phi) is 8.44. The molecule has 0 saturated carbocycles. The van der Waals surface area contributed by atoms with Gasteiger partial charge in [-0.1, -0.05) is 13.0 Å². The second-order valence-electron chi connectivity index (χ2n) is 4.09. The number of rotatable bonds is 3. The molecule has 1 aliphatic heterocycles. The molecule has 0 aromatic carbocycles. The molecule has 104 valence electrons. The number of aromatic nitrogens is 1. The summed E-state index contributed by atoms with van der Waals surface area (Å²) in [5.74, 6) is -0.326. The monoisotopic (exact) mass is 295 g/mol. The molecule has 1 saturated heterocycles. The molecule has 2 rings (SSSR count). The third kappa shape index (κ3) is 4.05. The molecule has 1 N–H and O–H groups in total. The van der Waals surface area contributed by atoms with Crippen molar-refractivity contribution in [2.45, 2.75) is 19.4 Å². The van der Waals surface area contributed by atoms with Crippen LogP contribution in [0.5, 0.6) is 0 Å². The fourth-order valence-electron chi connectivity index (χ4n) is 2.32. The molecule has 0 radical (unpaired) electrons. The number of piperazine rings is 1. The highest BCUT2D eigenvalue weighted by Crippen LogP contribution is 2.25. The SMILES string of the molecule is CC[C@H](c1cccnc1F)N1CCNCC1.Cl.Cl. The fourth-order valence-corrected chi connectivity index (χ4v) is 2.32. The second-order valence-corrected chi connectivity index (χ2v) is 4.09. The quantitative estimate of drug-likeness (QED) is 0.868. The molecule has 6 heteroatoms. The van der Waals surface area contributed by atoms with Crippen LogP contribution in [0.2, 0.25) is 0 Å². The van der Waals surface area contributed by atoms with Crippen LogP contribution in [0.4, 0.5) is 4.39 Å². The molecule has 0 bridgehead atoms. The van der Waals surface area contributed by atoms with E-state index in [9.17, 15) is 4.39 Å². The van der Waals surface area contributed by atoms with Gasteiger partial charge in [-0.25, -0.2) is 4.98 Å². The van der Waals surface area contributed by atoms with Gasteiger partial charge in [0, 0.05) is 44.0 Å². The lowest BCUT2D eigenvalue weighted by Gasteiger charge is -2.34. The van der Waals surface area contributed by atoms with Gasteiger partial charge in [-0.15, -0.1) is 24.8 Å². The number of nitrogens with zero attached hydrogens (tertiary/aromatic N) is 2. The van der Waals surface area contributed by atoms with Crippen molar-refractivity contribution in [1.82, 2.24) is 15.2 Å². The molecular formula is C12H20Cl2FN3. The van der Waals surface area contributed by atoms with E-state index in [4.69, 9.17) is 0 Å². The number of nitrogens with one attached hydrogen (secondary N) is 1. The molecule has 2 heterocycles. The molecule has 0 amide bonds. The predicted molar refractivity (Wildman–Crippen MR) is 76.2 cm³/mol. The normalized spacial score (nSPS) is 17.4. The Balaban J connectivity index is 0.00000144. The van der Waals surface area contributed by atoms with Crippen LogP contribution < -0.4 is 5.32 Å². The largest absolute Gasteiger partial charge is 0.314 e. The Labute approximate surface area is 120 Å². The van der Waals surface area contributed by atoms with Gasteiger partial charge in [0.25, 0.3) is 0 Å². The molecule has 18 heavy (non-hydrogen) atoms. The van der Waals surface area contributed by atoms with Crippen molar-refractivity contribution < 1.29 is 4.39 Å². The highest BCUT2D eigenvalue weighted by Gasteiger charge is 2.23. The maximum atomic E-state index is 13.6. The van der Waals surface area contributed by atoms with Crippen LogP contribution in [0, 0.1) is 5.95 Å². The summed E-state index contributed by atoms with van der Waals surface area (Å²) in [6.45, 7) is 6.02. The van der Waals surface area contributed by atoms with Gasteiger partial charge in [0.05, 0.1) is 0 Å². The molecule has 1 aromatic heterocycles. The summed E-state index contributed by atoms with van der Waals surface area (Å²) < 4.78 is 13.6. The van der Waals surface area contributed by atoms with Gasteiger partial charge >= 0.3 is 0 Å². The van der Waals surface area contributed by atoms with E-state index < -0.39 is 0 Å². The minimum atomic E-state index is -0.326. The van der Waals surface area contributed by atoms with Gasteiger partial charge in [0.2, 0.25) is 5.95 Å². The summed E-state index contributed by atoms with van der Waals surface area (Å²) in [6.07, 6.45) is 2.42. The zero-order valence-electron chi connectivity index (χ0n) is 10.4. The number of halogens is 3.